The van der Waals surface area contributed by atoms with Crippen LogP contribution < -0.4 is 0 Å². The molecule has 1 atom stereocenters. The minimum absolute atomic E-state index is 0.260. The van der Waals surface area contributed by atoms with Gasteiger partial charge in [-0.1, -0.05) is 0 Å². The Morgan fingerprint density at radius 2 is 2.04 bits per heavy atom. The number of aromatic nitrogens is 4. The Kier molecular flexibility index (Phi) is 5.40. The number of H-pyrrole nitrogens is 1. The van der Waals surface area contributed by atoms with Crippen molar-refractivity contribution in [1.82, 2.24) is 28.8 Å². The van der Waals surface area contributed by atoms with Crippen molar-refractivity contribution in [3.05, 3.63) is 29.5 Å². The van der Waals surface area contributed by atoms with Gasteiger partial charge in [0.2, 0.25) is 0 Å². The first-order valence-electron chi connectivity index (χ1n) is 8.79. The molecule has 1 unspecified atom stereocenters. The summed E-state index contributed by atoms with van der Waals surface area (Å²) in [5.74, 6) is 0.260. The van der Waals surface area contributed by atoms with Gasteiger partial charge in [-0.25, -0.2) is 0 Å². The third-order valence-electron chi connectivity index (χ3n) is 4.86. The second-order valence-electron chi connectivity index (χ2n) is 7.06. The molecule has 1 fully saturated rings. The van der Waals surface area contributed by atoms with E-state index in [0.29, 0.717) is 13.1 Å². The maximum Gasteiger partial charge on any atom is 0.281 e. The van der Waals surface area contributed by atoms with Crippen molar-refractivity contribution < 1.29 is 8.42 Å². The van der Waals surface area contributed by atoms with Gasteiger partial charge in [-0.05, 0) is 39.0 Å². The van der Waals surface area contributed by atoms with Crippen LogP contribution in [0.2, 0.25) is 0 Å². The number of piperidine rings is 1. The topological polar surface area (TPSA) is 95.1 Å². The van der Waals surface area contributed by atoms with Gasteiger partial charge in [-0.15, -0.1) is 0 Å². The molecule has 0 spiro atoms. The molecule has 0 saturated carbocycles. The molecule has 0 aromatic carbocycles. The molecule has 1 saturated heterocycles. The van der Waals surface area contributed by atoms with Gasteiger partial charge in [0.25, 0.3) is 10.2 Å². The minimum Gasteiger partial charge on any atom is -0.282 e. The summed E-state index contributed by atoms with van der Waals surface area (Å²) in [6.07, 6.45) is 6.17. The Morgan fingerprint density at radius 1 is 1.27 bits per heavy atom. The van der Waals surface area contributed by atoms with Gasteiger partial charge in [0.1, 0.15) is 0 Å². The van der Waals surface area contributed by atoms with E-state index in [1.165, 1.54) is 4.31 Å². The first-order valence-corrected chi connectivity index (χ1v) is 10.2. The Labute approximate surface area is 154 Å². The summed E-state index contributed by atoms with van der Waals surface area (Å²) in [5, 5.41) is 7.15. The number of aryl methyl sites for hydroxylation is 2. The lowest BCUT2D eigenvalue weighted by molar-refractivity contribution is 0.253. The van der Waals surface area contributed by atoms with Gasteiger partial charge in [0.15, 0.2) is 0 Å². The predicted molar refractivity (Wildman–Crippen MR) is 99.7 cm³/mol. The lowest BCUT2D eigenvalue weighted by atomic mass is 9.95. The molecule has 0 bridgehead atoms. The van der Waals surface area contributed by atoms with E-state index in [4.69, 9.17) is 0 Å². The fourth-order valence-corrected chi connectivity index (χ4v) is 4.67. The highest BCUT2D eigenvalue weighted by Crippen LogP contribution is 2.25. The van der Waals surface area contributed by atoms with Crippen LogP contribution in [0.1, 0.15) is 29.9 Å². The van der Waals surface area contributed by atoms with Crippen LogP contribution in [0.5, 0.6) is 0 Å². The van der Waals surface area contributed by atoms with Crippen molar-refractivity contribution in [1.29, 1.82) is 0 Å². The first kappa shape index (κ1) is 18.9. The molecule has 1 N–H and O–H groups in total. The SMILES string of the molecule is Cc1n[nH]c(C)c1-c1cnc(CC2CCCN(S(=O)(=O)N(C)C)C2)cn1. The van der Waals surface area contributed by atoms with Crippen molar-refractivity contribution in [2.24, 2.45) is 5.92 Å². The summed E-state index contributed by atoms with van der Waals surface area (Å²) in [4.78, 5) is 9.09. The Balaban J connectivity index is 1.70. The number of nitrogens with zero attached hydrogens (tertiary/aromatic N) is 5. The summed E-state index contributed by atoms with van der Waals surface area (Å²) in [6.45, 7) is 5.02. The zero-order valence-corrected chi connectivity index (χ0v) is 16.5. The van der Waals surface area contributed by atoms with Gasteiger partial charge in [0, 0.05) is 44.6 Å². The fraction of sp³-hybridized carbons (Fsp3) is 0.588. The normalized spacial score (nSPS) is 19.2. The van der Waals surface area contributed by atoms with E-state index in [2.05, 4.69) is 20.2 Å². The largest absolute Gasteiger partial charge is 0.282 e. The summed E-state index contributed by atoms with van der Waals surface area (Å²) < 4.78 is 27.5. The molecule has 0 amide bonds. The van der Waals surface area contributed by atoms with Crippen LogP contribution in [0.3, 0.4) is 0 Å². The second kappa shape index (κ2) is 7.42. The number of nitrogens with one attached hydrogen (secondary N) is 1. The average Bonchev–Trinajstić information content (AvgIpc) is 2.94. The van der Waals surface area contributed by atoms with Gasteiger partial charge >= 0.3 is 0 Å². The summed E-state index contributed by atoms with van der Waals surface area (Å²) in [5.41, 5.74) is 4.56. The van der Waals surface area contributed by atoms with Crippen LogP contribution in [0.25, 0.3) is 11.3 Å². The average molecular weight is 379 g/mol. The molecule has 1 aliphatic heterocycles. The number of hydrogen-bond donors (Lipinski definition) is 1. The quantitative estimate of drug-likeness (QED) is 0.852. The lowest BCUT2D eigenvalue weighted by Crippen LogP contribution is -2.45. The van der Waals surface area contributed by atoms with Crippen molar-refractivity contribution in [3.8, 4) is 11.3 Å². The zero-order valence-electron chi connectivity index (χ0n) is 15.7. The highest BCUT2D eigenvalue weighted by atomic mass is 32.2. The van der Waals surface area contributed by atoms with Gasteiger partial charge < -0.3 is 0 Å². The molecule has 26 heavy (non-hydrogen) atoms. The van der Waals surface area contributed by atoms with Gasteiger partial charge in [-0.3, -0.25) is 15.1 Å². The summed E-state index contributed by atoms with van der Waals surface area (Å²) in [7, 11) is -0.206. The lowest BCUT2D eigenvalue weighted by Gasteiger charge is -2.33. The van der Waals surface area contributed by atoms with Crippen LogP contribution in [0, 0.1) is 19.8 Å². The highest BCUT2D eigenvalue weighted by Gasteiger charge is 2.30. The predicted octanol–water partition coefficient (Wildman–Crippen LogP) is 1.54. The molecule has 0 radical (unpaired) electrons. The third-order valence-corrected chi connectivity index (χ3v) is 6.76. The van der Waals surface area contributed by atoms with Crippen LogP contribution in [-0.2, 0) is 16.6 Å². The number of aromatic amines is 1. The molecule has 142 valence electrons. The Bertz CT molecular complexity index is 840. The van der Waals surface area contributed by atoms with Crippen molar-refractivity contribution >= 4 is 10.2 Å². The number of rotatable bonds is 5. The minimum atomic E-state index is -3.35. The van der Waals surface area contributed by atoms with E-state index >= 15 is 0 Å². The molecule has 3 rings (SSSR count). The smallest absolute Gasteiger partial charge is 0.281 e. The zero-order chi connectivity index (χ0) is 18.9. The van der Waals surface area contributed by atoms with Crippen LogP contribution >= 0.6 is 0 Å². The molecule has 9 heteroatoms. The van der Waals surface area contributed by atoms with Crippen molar-refractivity contribution in [2.75, 3.05) is 27.2 Å². The van der Waals surface area contributed by atoms with Crippen LogP contribution in [0.4, 0.5) is 0 Å². The molecular weight excluding hydrogens is 352 g/mol. The van der Waals surface area contributed by atoms with E-state index in [1.807, 2.05) is 13.8 Å². The van der Waals surface area contributed by atoms with Crippen molar-refractivity contribution in [2.45, 2.75) is 33.1 Å². The van der Waals surface area contributed by atoms with E-state index in [1.54, 1.807) is 30.8 Å². The number of hydrogen-bond acceptors (Lipinski definition) is 5. The summed E-state index contributed by atoms with van der Waals surface area (Å²) in [6, 6.07) is 0. The van der Waals surface area contributed by atoms with Crippen molar-refractivity contribution in [3.63, 3.8) is 0 Å². The second-order valence-corrected chi connectivity index (χ2v) is 9.20. The molecule has 2 aromatic rings. The third kappa shape index (κ3) is 3.79. The molecular formula is C17H26N6O2S. The van der Waals surface area contributed by atoms with Crippen LogP contribution in [0.15, 0.2) is 12.4 Å². The maximum atomic E-state index is 12.3. The van der Waals surface area contributed by atoms with E-state index < -0.39 is 10.2 Å². The molecule has 3 heterocycles. The molecule has 8 nitrogen and oxygen atoms in total. The van der Waals surface area contributed by atoms with Gasteiger partial charge in [0.05, 0.1) is 23.3 Å². The maximum absolute atomic E-state index is 12.3. The Hall–Kier alpha value is -1.84. The van der Waals surface area contributed by atoms with Gasteiger partial charge in [-0.2, -0.15) is 22.1 Å². The van der Waals surface area contributed by atoms with E-state index in [0.717, 1.165) is 47.6 Å². The summed E-state index contributed by atoms with van der Waals surface area (Å²) >= 11 is 0. The molecule has 2 aromatic heterocycles. The van der Waals surface area contributed by atoms with E-state index in [-0.39, 0.29) is 5.92 Å². The Morgan fingerprint density at radius 3 is 2.62 bits per heavy atom. The standard InChI is InChI=1S/C17H26N6O2S/c1-12-17(13(2)21-20-12)16-10-18-15(9-19-16)8-14-6-5-7-23(11-14)26(24,25)22(3)4/h9-10,14H,5-8,11H2,1-4H3,(H,20,21). The van der Waals surface area contributed by atoms with E-state index in [9.17, 15) is 8.42 Å². The monoisotopic (exact) mass is 378 g/mol. The fourth-order valence-electron chi connectivity index (χ4n) is 3.45. The molecule has 0 aliphatic carbocycles. The van der Waals surface area contributed by atoms with Crippen LogP contribution in [-0.4, -0.2) is 64.4 Å². The highest BCUT2D eigenvalue weighted by molar-refractivity contribution is 7.86. The first-order chi connectivity index (χ1) is 12.3. The molecule has 1 aliphatic rings.